The van der Waals surface area contributed by atoms with Crippen molar-refractivity contribution in [3.63, 3.8) is 0 Å². The zero-order valence-corrected chi connectivity index (χ0v) is 9.64. The lowest BCUT2D eigenvalue weighted by Gasteiger charge is -2.00. The molecule has 2 heterocycles. The van der Waals surface area contributed by atoms with E-state index >= 15 is 0 Å². The van der Waals surface area contributed by atoms with Crippen LogP contribution < -0.4 is 0 Å². The number of rotatable bonds is 1. The molecule has 0 aliphatic rings. The first-order chi connectivity index (χ1) is 8.15. The van der Waals surface area contributed by atoms with Crippen LogP contribution in [-0.2, 0) is 14.1 Å². The van der Waals surface area contributed by atoms with E-state index in [0.29, 0.717) is 5.69 Å². The molecular weight excluding hydrogens is 216 g/mol. The van der Waals surface area contributed by atoms with E-state index in [1.54, 1.807) is 6.07 Å². The second-order valence-electron chi connectivity index (χ2n) is 4.21. The number of carbonyl (C=O) groups is 1. The molecule has 4 nitrogen and oxygen atoms in total. The number of benzene rings is 1. The van der Waals surface area contributed by atoms with E-state index in [1.807, 2.05) is 41.4 Å². The normalized spacial score (nSPS) is 11.4. The van der Waals surface area contributed by atoms with Crippen LogP contribution in [0.1, 0.15) is 10.5 Å². The number of para-hydroxylation sites is 1. The smallest absolute Gasteiger partial charge is 0.166 e. The van der Waals surface area contributed by atoms with E-state index in [0.717, 1.165) is 28.2 Å². The van der Waals surface area contributed by atoms with Crippen molar-refractivity contribution >= 4 is 28.2 Å². The first kappa shape index (κ1) is 9.96. The first-order valence-electron chi connectivity index (χ1n) is 5.36. The summed E-state index contributed by atoms with van der Waals surface area (Å²) in [5, 5.41) is 10.8. The van der Waals surface area contributed by atoms with Crippen LogP contribution in [0.25, 0.3) is 21.9 Å². The standard InChI is InChI=1S/C13H12N2O2/c1-14-8(7-16)6-10-12(14)9-4-3-5-11(17)13(9)15(10)2/h3-7,17H,1-2H3. The van der Waals surface area contributed by atoms with Gasteiger partial charge in [-0.15, -0.1) is 0 Å². The number of aromatic nitrogens is 2. The zero-order chi connectivity index (χ0) is 12.2. The highest BCUT2D eigenvalue weighted by Crippen LogP contribution is 2.34. The minimum Gasteiger partial charge on any atom is -0.506 e. The number of hydrogen-bond acceptors (Lipinski definition) is 2. The van der Waals surface area contributed by atoms with Crippen molar-refractivity contribution in [3.8, 4) is 5.75 Å². The molecule has 0 unspecified atom stereocenters. The van der Waals surface area contributed by atoms with Crippen molar-refractivity contribution in [2.75, 3.05) is 0 Å². The molecule has 2 aromatic heterocycles. The van der Waals surface area contributed by atoms with Gasteiger partial charge in [-0.05, 0) is 12.1 Å². The maximum Gasteiger partial charge on any atom is 0.166 e. The molecule has 0 radical (unpaired) electrons. The number of phenolic OH excluding ortho intramolecular Hbond substituents is 1. The largest absolute Gasteiger partial charge is 0.506 e. The van der Waals surface area contributed by atoms with Crippen molar-refractivity contribution in [3.05, 3.63) is 30.0 Å². The fourth-order valence-corrected chi connectivity index (χ4v) is 2.49. The van der Waals surface area contributed by atoms with Gasteiger partial charge in [-0.25, -0.2) is 0 Å². The van der Waals surface area contributed by atoms with Crippen molar-refractivity contribution in [2.45, 2.75) is 0 Å². The average Bonchev–Trinajstić information content (AvgIpc) is 2.78. The number of nitrogens with zero attached hydrogens (tertiary/aromatic N) is 2. The van der Waals surface area contributed by atoms with Gasteiger partial charge in [0.1, 0.15) is 5.75 Å². The van der Waals surface area contributed by atoms with Gasteiger partial charge in [0.2, 0.25) is 0 Å². The van der Waals surface area contributed by atoms with Crippen LogP contribution in [0, 0.1) is 0 Å². The zero-order valence-electron chi connectivity index (χ0n) is 9.64. The van der Waals surface area contributed by atoms with Crippen LogP contribution in [0.4, 0.5) is 0 Å². The Morgan fingerprint density at radius 1 is 1.18 bits per heavy atom. The van der Waals surface area contributed by atoms with E-state index in [2.05, 4.69) is 0 Å². The van der Waals surface area contributed by atoms with Gasteiger partial charge >= 0.3 is 0 Å². The molecule has 17 heavy (non-hydrogen) atoms. The topological polar surface area (TPSA) is 47.2 Å². The Labute approximate surface area is 97.7 Å². The molecule has 86 valence electrons. The predicted octanol–water partition coefficient (Wildman–Crippen LogP) is 2.19. The Morgan fingerprint density at radius 2 is 1.94 bits per heavy atom. The van der Waals surface area contributed by atoms with Crippen LogP contribution in [0.5, 0.6) is 5.75 Å². The third kappa shape index (κ3) is 1.09. The van der Waals surface area contributed by atoms with Crippen LogP contribution in [-0.4, -0.2) is 20.5 Å². The number of carbonyl (C=O) groups excluding carboxylic acids is 1. The second-order valence-corrected chi connectivity index (χ2v) is 4.21. The average molecular weight is 228 g/mol. The lowest BCUT2D eigenvalue weighted by molar-refractivity contribution is 0.111. The Balaban J connectivity index is 2.63. The number of aldehydes is 1. The van der Waals surface area contributed by atoms with Crippen molar-refractivity contribution in [1.82, 2.24) is 9.13 Å². The molecule has 0 fully saturated rings. The Bertz CT molecular complexity index is 750. The summed E-state index contributed by atoms with van der Waals surface area (Å²) < 4.78 is 3.76. The summed E-state index contributed by atoms with van der Waals surface area (Å²) in [6.07, 6.45) is 0.842. The molecule has 0 amide bonds. The van der Waals surface area contributed by atoms with Crippen LogP contribution in [0.3, 0.4) is 0 Å². The van der Waals surface area contributed by atoms with E-state index < -0.39 is 0 Å². The number of fused-ring (bicyclic) bond motifs is 3. The molecule has 1 N–H and O–H groups in total. The number of aryl methyl sites for hydroxylation is 2. The Kier molecular flexibility index (Phi) is 1.84. The van der Waals surface area contributed by atoms with E-state index in [9.17, 15) is 9.90 Å². The summed E-state index contributed by atoms with van der Waals surface area (Å²) in [5.41, 5.74) is 3.35. The van der Waals surface area contributed by atoms with Gasteiger partial charge in [0.25, 0.3) is 0 Å². The predicted molar refractivity (Wildman–Crippen MR) is 66.4 cm³/mol. The van der Waals surface area contributed by atoms with Gasteiger partial charge in [-0.3, -0.25) is 4.79 Å². The summed E-state index contributed by atoms with van der Waals surface area (Å²) in [4.78, 5) is 10.9. The maximum atomic E-state index is 10.9. The molecule has 0 saturated heterocycles. The quantitative estimate of drug-likeness (QED) is 0.649. The molecule has 0 aliphatic carbocycles. The lowest BCUT2D eigenvalue weighted by Crippen LogP contribution is -1.93. The van der Waals surface area contributed by atoms with Gasteiger partial charge in [-0.1, -0.05) is 12.1 Å². The molecule has 0 aliphatic heterocycles. The van der Waals surface area contributed by atoms with Gasteiger partial charge in [0, 0.05) is 19.5 Å². The number of aromatic hydroxyl groups is 1. The number of hydrogen-bond donors (Lipinski definition) is 1. The van der Waals surface area contributed by atoms with Gasteiger partial charge in [0.05, 0.1) is 22.2 Å². The van der Waals surface area contributed by atoms with Gasteiger partial charge < -0.3 is 14.2 Å². The molecule has 1 aromatic carbocycles. The van der Waals surface area contributed by atoms with Crippen molar-refractivity contribution < 1.29 is 9.90 Å². The second kappa shape index (κ2) is 3.13. The highest BCUT2D eigenvalue weighted by molar-refractivity contribution is 6.10. The van der Waals surface area contributed by atoms with Gasteiger partial charge in [-0.2, -0.15) is 0 Å². The molecular formula is C13H12N2O2. The van der Waals surface area contributed by atoms with E-state index in [-0.39, 0.29) is 5.75 Å². The third-order valence-electron chi connectivity index (χ3n) is 3.34. The van der Waals surface area contributed by atoms with Crippen molar-refractivity contribution in [1.29, 1.82) is 0 Å². The lowest BCUT2D eigenvalue weighted by atomic mass is 10.2. The molecule has 4 heteroatoms. The van der Waals surface area contributed by atoms with E-state index in [1.165, 1.54) is 0 Å². The van der Waals surface area contributed by atoms with E-state index in [4.69, 9.17) is 0 Å². The number of phenols is 1. The highest BCUT2D eigenvalue weighted by atomic mass is 16.3. The summed E-state index contributed by atoms with van der Waals surface area (Å²) in [7, 11) is 3.74. The molecule has 0 spiro atoms. The Hall–Kier alpha value is -2.23. The maximum absolute atomic E-state index is 10.9. The summed E-state index contributed by atoms with van der Waals surface area (Å²) in [6.45, 7) is 0. The van der Waals surface area contributed by atoms with Gasteiger partial charge in [0.15, 0.2) is 6.29 Å². The first-order valence-corrected chi connectivity index (χ1v) is 5.36. The van der Waals surface area contributed by atoms with Crippen LogP contribution in [0.2, 0.25) is 0 Å². The molecule has 0 saturated carbocycles. The highest BCUT2D eigenvalue weighted by Gasteiger charge is 2.16. The monoisotopic (exact) mass is 228 g/mol. The fraction of sp³-hybridized carbons (Fsp3) is 0.154. The summed E-state index contributed by atoms with van der Waals surface area (Å²) in [6, 6.07) is 7.26. The molecule has 3 rings (SSSR count). The molecule has 0 bridgehead atoms. The summed E-state index contributed by atoms with van der Waals surface area (Å²) >= 11 is 0. The molecule has 3 aromatic rings. The van der Waals surface area contributed by atoms with Crippen molar-refractivity contribution in [2.24, 2.45) is 14.1 Å². The summed E-state index contributed by atoms with van der Waals surface area (Å²) in [5.74, 6) is 0.258. The fourth-order valence-electron chi connectivity index (χ4n) is 2.49. The Morgan fingerprint density at radius 3 is 2.65 bits per heavy atom. The minimum absolute atomic E-state index is 0.258. The third-order valence-corrected chi connectivity index (χ3v) is 3.34. The van der Waals surface area contributed by atoms with Crippen LogP contribution >= 0.6 is 0 Å². The SMILES string of the molecule is Cn1c(C=O)cc2c1c1cccc(O)c1n2C. The van der Waals surface area contributed by atoms with Crippen LogP contribution in [0.15, 0.2) is 24.3 Å². The molecule has 0 atom stereocenters. The minimum atomic E-state index is 0.258.